The van der Waals surface area contributed by atoms with Crippen LogP contribution in [0, 0.1) is 17.9 Å². The monoisotopic (exact) mass is 816 g/mol. The van der Waals surface area contributed by atoms with Crippen molar-refractivity contribution in [3.05, 3.63) is 139 Å². The van der Waals surface area contributed by atoms with Crippen LogP contribution in [0.3, 0.4) is 0 Å². The number of fused-ring (bicyclic) bond motifs is 3. The summed E-state index contributed by atoms with van der Waals surface area (Å²) in [4.78, 5) is 9.09. The van der Waals surface area contributed by atoms with E-state index in [-0.39, 0.29) is 25.9 Å². The molecule has 0 saturated carbocycles. The minimum absolute atomic E-state index is 0. The maximum atomic E-state index is 13.3. The molecular formula is C40H35FIrN2SSi-2. The van der Waals surface area contributed by atoms with Gasteiger partial charge in [-0.3, -0.25) is 0 Å². The van der Waals surface area contributed by atoms with Gasteiger partial charge in [0.2, 0.25) is 0 Å². The maximum Gasteiger partial charge on any atom is 0.123 e. The molecule has 3 aromatic heterocycles. The Kier molecular flexibility index (Phi) is 10.0. The first-order valence-electron chi connectivity index (χ1n) is 15.5. The molecule has 4 aromatic carbocycles. The summed E-state index contributed by atoms with van der Waals surface area (Å²) in [5.41, 5.74) is 6.85. The molecule has 6 heteroatoms. The van der Waals surface area contributed by atoms with Crippen LogP contribution in [0.5, 0.6) is 0 Å². The number of benzene rings is 4. The van der Waals surface area contributed by atoms with E-state index in [1.54, 1.807) is 29.7 Å². The van der Waals surface area contributed by atoms with Crippen LogP contribution in [0.25, 0.3) is 53.8 Å². The Hall–Kier alpha value is -3.80. The summed E-state index contributed by atoms with van der Waals surface area (Å²) < 4.78 is 23.9. The zero-order chi connectivity index (χ0) is 32.5. The molecule has 7 rings (SSSR count). The van der Waals surface area contributed by atoms with Crippen LogP contribution >= 0.6 is 11.3 Å². The van der Waals surface area contributed by atoms with Crippen molar-refractivity contribution in [2.24, 2.45) is 0 Å². The van der Waals surface area contributed by atoms with E-state index in [1.807, 2.05) is 62.5 Å². The Bertz CT molecular complexity index is 2120. The van der Waals surface area contributed by atoms with E-state index in [0.717, 1.165) is 43.9 Å². The average Bonchev–Trinajstić information content (AvgIpc) is 3.43. The Morgan fingerprint density at radius 2 is 1.57 bits per heavy atom. The number of halogens is 1. The molecule has 3 heterocycles. The Morgan fingerprint density at radius 3 is 2.24 bits per heavy atom. The van der Waals surface area contributed by atoms with Crippen molar-refractivity contribution in [2.75, 3.05) is 0 Å². The van der Waals surface area contributed by atoms with Gasteiger partial charge in [-0.25, -0.2) is 4.39 Å². The second kappa shape index (κ2) is 14.3. The molecule has 0 spiro atoms. The number of aromatic nitrogens is 2. The van der Waals surface area contributed by atoms with Crippen LogP contribution in [-0.2, 0) is 20.1 Å². The summed E-state index contributed by atoms with van der Waals surface area (Å²) in [7, 11) is -1.23. The first kappa shape index (κ1) is 32.1. The molecule has 0 aliphatic rings. The predicted molar refractivity (Wildman–Crippen MR) is 192 cm³/mol. The van der Waals surface area contributed by atoms with Crippen LogP contribution in [0.4, 0.5) is 4.39 Å². The third kappa shape index (κ3) is 7.43. The molecule has 0 aliphatic carbocycles. The van der Waals surface area contributed by atoms with Gasteiger partial charge in [-0.15, -0.1) is 59.7 Å². The second-order valence-electron chi connectivity index (χ2n) is 12.3. The number of thiophene rings is 1. The predicted octanol–water partition coefficient (Wildman–Crippen LogP) is 10.9. The summed E-state index contributed by atoms with van der Waals surface area (Å²) in [5, 5.41) is 3.76. The van der Waals surface area contributed by atoms with E-state index in [4.69, 9.17) is 1.37 Å². The van der Waals surface area contributed by atoms with Gasteiger partial charge in [-0.05, 0) is 67.9 Å². The SMILES string of the molecule is C[Si](C)(C)c1ccc(-c2[c-]cccc2)nc1.[2H]C(C)(C)c1ccnc(-c2[c-]ccc3c2sc2cc(-c4ccc(F)cc4)ccc23)c1.[Ir]. The van der Waals surface area contributed by atoms with E-state index in [2.05, 4.69) is 78.1 Å². The van der Waals surface area contributed by atoms with Crippen molar-refractivity contribution in [1.82, 2.24) is 9.97 Å². The molecule has 7 aromatic rings. The molecule has 0 unspecified atom stereocenters. The number of hydrogen-bond donors (Lipinski definition) is 0. The van der Waals surface area contributed by atoms with Crippen molar-refractivity contribution < 1.29 is 25.9 Å². The maximum absolute atomic E-state index is 13.3. The summed E-state index contributed by atoms with van der Waals surface area (Å²) in [6, 6.07) is 39.7. The smallest absolute Gasteiger partial charge is 0.123 e. The largest absolute Gasteiger partial charge is 0.305 e. The Balaban J connectivity index is 0.000000217. The number of hydrogen-bond acceptors (Lipinski definition) is 3. The van der Waals surface area contributed by atoms with Crippen LogP contribution in [0.1, 0.15) is 26.7 Å². The van der Waals surface area contributed by atoms with Crippen molar-refractivity contribution in [3.8, 4) is 33.6 Å². The van der Waals surface area contributed by atoms with Gasteiger partial charge >= 0.3 is 0 Å². The molecule has 0 aliphatic heterocycles. The molecule has 1 radical (unpaired) electrons. The minimum atomic E-state index is -1.23. The first-order chi connectivity index (χ1) is 22.0. The normalized spacial score (nSPS) is 11.8. The van der Waals surface area contributed by atoms with Gasteiger partial charge in [-0.2, -0.15) is 11.3 Å². The summed E-state index contributed by atoms with van der Waals surface area (Å²) in [6.45, 7) is 10.8. The fourth-order valence-electron chi connectivity index (χ4n) is 5.18. The van der Waals surface area contributed by atoms with E-state index in [1.165, 1.54) is 32.8 Å². The molecule has 0 amide bonds. The number of pyridine rings is 2. The fourth-order valence-corrected chi connectivity index (χ4v) is 7.46. The minimum Gasteiger partial charge on any atom is -0.305 e. The number of nitrogens with zero attached hydrogens (tertiary/aromatic N) is 2. The van der Waals surface area contributed by atoms with E-state index < -0.39 is 14.0 Å². The number of rotatable bonds is 5. The zero-order valence-electron chi connectivity index (χ0n) is 27.5. The third-order valence-corrected chi connectivity index (χ3v) is 11.0. The van der Waals surface area contributed by atoms with Crippen LogP contribution in [0.2, 0.25) is 19.6 Å². The zero-order valence-corrected chi connectivity index (χ0v) is 30.7. The Morgan fingerprint density at radius 1 is 0.783 bits per heavy atom. The molecule has 46 heavy (non-hydrogen) atoms. The molecule has 0 fully saturated rings. The molecular weight excluding hydrogens is 780 g/mol. The van der Waals surface area contributed by atoms with E-state index >= 15 is 0 Å². The topological polar surface area (TPSA) is 25.8 Å². The summed E-state index contributed by atoms with van der Waals surface area (Å²) in [5.74, 6) is -0.914. The quantitative estimate of drug-likeness (QED) is 0.128. The third-order valence-electron chi connectivity index (χ3n) is 7.82. The first-order valence-corrected chi connectivity index (χ1v) is 19.3. The van der Waals surface area contributed by atoms with E-state index in [9.17, 15) is 4.39 Å². The van der Waals surface area contributed by atoms with Gasteiger partial charge in [0, 0.05) is 38.6 Å². The second-order valence-corrected chi connectivity index (χ2v) is 18.4. The van der Waals surface area contributed by atoms with Crippen molar-refractivity contribution >= 4 is 44.8 Å². The molecule has 0 saturated heterocycles. The van der Waals surface area contributed by atoms with Gasteiger partial charge in [0.25, 0.3) is 0 Å². The molecule has 233 valence electrons. The summed E-state index contributed by atoms with van der Waals surface area (Å²) >= 11 is 1.72. The van der Waals surface area contributed by atoms with Gasteiger partial charge < -0.3 is 9.97 Å². The molecule has 2 nitrogen and oxygen atoms in total. The van der Waals surface area contributed by atoms with E-state index in [0.29, 0.717) is 0 Å². The Labute approximate surface area is 291 Å². The van der Waals surface area contributed by atoms with Gasteiger partial charge in [0.05, 0.1) is 8.07 Å². The molecule has 0 bridgehead atoms. The fraction of sp³-hybridized carbons (Fsp3) is 0.150. The molecule has 0 N–H and O–H groups in total. The van der Waals surface area contributed by atoms with Gasteiger partial charge in [-0.1, -0.05) is 86.9 Å². The van der Waals surface area contributed by atoms with Gasteiger partial charge in [0.15, 0.2) is 0 Å². The van der Waals surface area contributed by atoms with Gasteiger partial charge in [0.1, 0.15) is 5.82 Å². The van der Waals surface area contributed by atoms with Crippen LogP contribution in [-0.4, -0.2) is 18.0 Å². The van der Waals surface area contributed by atoms with Crippen LogP contribution in [0.15, 0.2) is 116 Å². The van der Waals surface area contributed by atoms with Crippen molar-refractivity contribution in [3.63, 3.8) is 0 Å². The van der Waals surface area contributed by atoms with Crippen molar-refractivity contribution in [1.29, 1.82) is 0 Å². The standard InChI is InChI=1S/C26H19FNS.C14H16NSi.Ir/c1-16(2)18-12-13-28-24(14-18)23-5-3-4-22-21-11-8-19(15-25(21)29-26(22)23)17-6-9-20(27)10-7-17;1-16(2,3)13-9-10-14(15-11-13)12-7-5-4-6-8-12;/h3-4,6-16H,1-2H3;4-7,9-11H,1-3H3;/q2*-1;/i16D;;. The summed E-state index contributed by atoms with van der Waals surface area (Å²) in [6.07, 6.45) is 3.79. The molecule has 0 atom stereocenters. The van der Waals surface area contributed by atoms with Crippen LogP contribution < -0.4 is 5.19 Å². The van der Waals surface area contributed by atoms with Crippen molar-refractivity contribution in [2.45, 2.75) is 39.4 Å². The average molecular weight is 816 g/mol.